The number of amides is 1. The van der Waals surface area contributed by atoms with Crippen LogP contribution >= 0.6 is 0 Å². The van der Waals surface area contributed by atoms with E-state index in [1.165, 1.54) is 32.1 Å². The standard InChI is InChI=1S/C16H30N2O/c1-2-18(15-10-8-14(17)9-11-15)16(19)12-13-6-4-3-5-7-13/h13-15H,2-12,17H2,1H3. The van der Waals surface area contributed by atoms with Crippen molar-refractivity contribution in [2.24, 2.45) is 11.7 Å². The van der Waals surface area contributed by atoms with Crippen LogP contribution in [-0.4, -0.2) is 29.4 Å². The Morgan fingerprint density at radius 2 is 1.68 bits per heavy atom. The zero-order valence-corrected chi connectivity index (χ0v) is 12.4. The molecule has 0 heterocycles. The fraction of sp³-hybridized carbons (Fsp3) is 0.938. The van der Waals surface area contributed by atoms with Gasteiger partial charge in [0.15, 0.2) is 0 Å². The largest absolute Gasteiger partial charge is 0.340 e. The van der Waals surface area contributed by atoms with Crippen LogP contribution in [0, 0.1) is 5.92 Å². The van der Waals surface area contributed by atoms with E-state index in [-0.39, 0.29) is 0 Å². The molecular formula is C16H30N2O. The molecule has 0 saturated heterocycles. The Balaban J connectivity index is 1.83. The van der Waals surface area contributed by atoms with Crippen LogP contribution in [-0.2, 0) is 4.79 Å². The fourth-order valence-electron chi connectivity index (χ4n) is 3.81. The highest BCUT2D eigenvalue weighted by atomic mass is 16.2. The van der Waals surface area contributed by atoms with Crippen molar-refractivity contribution in [2.45, 2.75) is 83.2 Å². The topological polar surface area (TPSA) is 46.3 Å². The van der Waals surface area contributed by atoms with Crippen LogP contribution in [0.3, 0.4) is 0 Å². The predicted molar refractivity (Wildman–Crippen MR) is 78.8 cm³/mol. The Bertz CT molecular complexity index is 278. The summed E-state index contributed by atoms with van der Waals surface area (Å²) in [7, 11) is 0. The van der Waals surface area contributed by atoms with Gasteiger partial charge in [-0.2, -0.15) is 0 Å². The smallest absolute Gasteiger partial charge is 0.223 e. The van der Waals surface area contributed by atoms with Gasteiger partial charge in [0, 0.05) is 25.0 Å². The quantitative estimate of drug-likeness (QED) is 0.850. The molecule has 2 saturated carbocycles. The molecule has 110 valence electrons. The SMILES string of the molecule is CCN(C(=O)CC1CCCCC1)C1CCC(N)CC1. The van der Waals surface area contributed by atoms with Crippen molar-refractivity contribution in [3.05, 3.63) is 0 Å². The molecule has 2 fully saturated rings. The third-order valence-electron chi connectivity index (χ3n) is 5.03. The van der Waals surface area contributed by atoms with E-state index < -0.39 is 0 Å². The molecule has 0 aromatic heterocycles. The first-order valence-corrected chi connectivity index (χ1v) is 8.25. The number of hydrogen-bond donors (Lipinski definition) is 1. The Labute approximate surface area is 117 Å². The second-order valence-electron chi connectivity index (χ2n) is 6.46. The minimum absolute atomic E-state index is 0.364. The maximum atomic E-state index is 12.5. The van der Waals surface area contributed by atoms with Gasteiger partial charge in [-0.05, 0) is 51.4 Å². The molecule has 0 radical (unpaired) electrons. The van der Waals surface area contributed by atoms with E-state index >= 15 is 0 Å². The summed E-state index contributed by atoms with van der Waals surface area (Å²) in [5.74, 6) is 1.05. The van der Waals surface area contributed by atoms with Gasteiger partial charge in [-0.15, -0.1) is 0 Å². The third kappa shape index (κ3) is 4.20. The van der Waals surface area contributed by atoms with Gasteiger partial charge in [0.1, 0.15) is 0 Å². The molecule has 0 aromatic rings. The Morgan fingerprint density at radius 1 is 1.05 bits per heavy atom. The van der Waals surface area contributed by atoms with Gasteiger partial charge in [0.25, 0.3) is 0 Å². The van der Waals surface area contributed by atoms with Crippen molar-refractivity contribution < 1.29 is 4.79 Å². The van der Waals surface area contributed by atoms with Crippen LogP contribution in [0.4, 0.5) is 0 Å². The number of rotatable bonds is 4. The highest BCUT2D eigenvalue weighted by Crippen LogP contribution is 2.28. The Kier molecular flexibility index (Phi) is 5.68. The van der Waals surface area contributed by atoms with Crippen molar-refractivity contribution in [2.75, 3.05) is 6.54 Å². The zero-order chi connectivity index (χ0) is 13.7. The molecule has 2 rings (SSSR count). The van der Waals surface area contributed by atoms with E-state index in [0.717, 1.165) is 38.6 Å². The van der Waals surface area contributed by atoms with E-state index in [1.807, 2.05) is 0 Å². The van der Waals surface area contributed by atoms with Crippen molar-refractivity contribution in [1.82, 2.24) is 4.90 Å². The third-order valence-corrected chi connectivity index (χ3v) is 5.03. The minimum atomic E-state index is 0.364. The summed E-state index contributed by atoms with van der Waals surface area (Å²) in [5, 5.41) is 0. The molecule has 0 unspecified atom stereocenters. The average molecular weight is 266 g/mol. The van der Waals surface area contributed by atoms with E-state index in [0.29, 0.717) is 23.9 Å². The monoisotopic (exact) mass is 266 g/mol. The molecule has 19 heavy (non-hydrogen) atoms. The normalized spacial score (nSPS) is 29.2. The van der Waals surface area contributed by atoms with Crippen molar-refractivity contribution >= 4 is 5.91 Å². The number of carbonyl (C=O) groups is 1. The molecule has 0 aliphatic heterocycles. The number of nitrogens with two attached hydrogens (primary N) is 1. The van der Waals surface area contributed by atoms with E-state index in [1.54, 1.807) is 0 Å². The predicted octanol–water partition coefficient (Wildman–Crippen LogP) is 3.08. The van der Waals surface area contributed by atoms with Crippen LogP contribution in [0.25, 0.3) is 0 Å². The first-order chi connectivity index (χ1) is 9.20. The van der Waals surface area contributed by atoms with E-state index in [2.05, 4.69) is 11.8 Å². The van der Waals surface area contributed by atoms with Crippen LogP contribution in [0.2, 0.25) is 0 Å². The maximum Gasteiger partial charge on any atom is 0.223 e. The first-order valence-electron chi connectivity index (χ1n) is 8.25. The first kappa shape index (κ1) is 14.8. The maximum absolute atomic E-state index is 12.5. The summed E-state index contributed by atoms with van der Waals surface area (Å²) in [6.07, 6.45) is 11.7. The van der Waals surface area contributed by atoms with Crippen LogP contribution in [0.1, 0.15) is 71.1 Å². The molecule has 0 aromatic carbocycles. The second-order valence-corrected chi connectivity index (χ2v) is 6.46. The Morgan fingerprint density at radius 3 is 2.26 bits per heavy atom. The fourth-order valence-corrected chi connectivity index (χ4v) is 3.81. The van der Waals surface area contributed by atoms with Crippen LogP contribution in [0.15, 0.2) is 0 Å². The second kappa shape index (κ2) is 7.28. The average Bonchev–Trinajstić information content (AvgIpc) is 2.43. The van der Waals surface area contributed by atoms with Crippen LogP contribution in [0.5, 0.6) is 0 Å². The summed E-state index contributed by atoms with van der Waals surface area (Å²) < 4.78 is 0. The highest BCUT2D eigenvalue weighted by Gasteiger charge is 2.28. The van der Waals surface area contributed by atoms with Gasteiger partial charge in [-0.25, -0.2) is 0 Å². The van der Waals surface area contributed by atoms with E-state index in [4.69, 9.17) is 5.73 Å². The van der Waals surface area contributed by atoms with Gasteiger partial charge in [-0.3, -0.25) is 4.79 Å². The van der Waals surface area contributed by atoms with Gasteiger partial charge in [-0.1, -0.05) is 19.3 Å². The van der Waals surface area contributed by atoms with Gasteiger partial charge < -0.3 is 10.6 Å². The lowest BCUT2D eigenvalue weighted by Gasteiger charge is -2.36. The number of hydrogen-bond acceptors (Lipinski definition) is 2. The molecule has 2 aliphatic carbocycles. The Hall–Kier alpha value is -0.570. The molecule has 1 amide bonds. The molecule has 3 heteroatoms. The van der Waals surface area contributed by atoms with E-state index in [9.17, 15) is 4.79 Å². The summed E-state index contributed by atoms with van der Waals surface area (Å²) in [6, 6.07) is 0.823. The van der Waals surface area contributed by atoms with Crippen molar-refractivity contribution in [3.63, 3.8) is 0 Å². The number of nitrogens with zero attached hydrogens (tertiary/aromatic N) is 1. The molecule has 0 atom stereocenters. The summed E-state index contributed by atoms with van der Waals surface area (Å²) in [4.78, 5) is 14.7. The molecule has 2 N–H and O–H groups in total. The molecule has 0 bridgehead atoms. The lowest BCUT2D eigenvalue weighted by molar-refractivity contribution is -0.135. The lowest BCUT2D eigenvalue weighted by atomic mass is 9.86. The van der Waals surface area contributed by atoms with Gasteiger partial charge in [0.05, 0.1) is 0 Å². The van der Waals surface area contributed by atoms with Gasteiger partial charge >= 0.3 is 0 Å². The zero-order valence-electron chi connectivity index (χ0n) is 12.4. The highest BCUT2D eigenvalue weighted by molar-refractivity contribution is 5.76. The summed E-state index contributed by atoms with van der Waals surface area (Å²) in [5.41, 5.74) is 5.96. The van der Waals surface area contributed by atoms with Crippen molar-refractivity contribution in [1.29, 1.82) is 0 Å². The lowest BCUT2D eigenvalue weighted by Crippen LogP contribution is -2.44. The van der Waals surface area contributed by atoms with Gasteiger partial charge in [0.2, 0.25) is 5.91 Å². The summed E-state index contributed by atoms with van der Waals surface area (Å²) >= 11 is 0. The number of carbonyl (C=O) groups excluding carboxylic acids is 1. The summed E-state index contributed by atoms with van der Waals surface area (Å²) in [6.45, 7) is 2.98. The van der Waals surface area contributed by atoms with Crippen molar-refractivity contribution in [3.8, 4) is 0 Å². The molecule has 0 spiro atoms. The minimum Gasteiger partial charge on any atom is -0.340 e. The molecule has 3 nitrogen and oxygen atoms in total. The molecular weight excluding hydrogens is 236 g/mol. The molecule has 2 aliphatic rings. The van der Waals surface area contributed by atoms with Crippen LogP contribution < -0.4 is 5.73 Å².